The molecule has 0 N–H and O–H groups in total. The molecule has 25 heavy (non-hydrogen) atoms. The first-order chi connectivity index (χ1) is 11.9. The molecule has 0 nitrogen and oxygen atoms in total. The standard InChI is InChI=1S/C25H42/c1-17(2)9-10-18(3)21-11-12-22-20-16-19-8-6-7-14-24(19,4)23(20)13-15-25(21,22)5/h6,8,17-23H,7,9-16H2,1-5H3/t18-,19?,20?,21-,22?,23?,24+,25-/m1/s1. The highest BCUT2D eigenvalue weighted by Gasteiger charge is 2.61. The van der Waals surface area contributed by atoms with Gasteiger partial charge in [-0.3, -0.25) is 0 Å². The summed E-state index contributed by atoms with van der Waals surface area (Å²) in [6.45, 7) is 12.8. The molecule has 4 unspecified atom stereocenters. The number of rotatable bonds is 4. The highest BCUT2D eigenvalue weighted by atomic mass is 14.7. The molecule has 0 amide bonds. The van der Waals surface area contributed by atoms with Gasteiger partial charge in [-0.25, -0.2) is 0 Å². The topological polar surface area (TPSA) is 0 Å². The highest BCUT2D eigenvalue weighted by molar-refractivity contribution is 5.16. The van der Waals surface area contributed by atoms with E-state index in [-0.39, 0.29) is 0 Å². The van der Waals surface area contributed by atoms with E-state index in [2.05, 4.69) is 46.8 Å². The van der Waals surface area contributed by atoms with Crippen LogP contribution in [0.1, 0.15) is 92.4 Å². The van der Waals surface area contributed by atoms with Crippen molar-refractivity contribution in [3.8, 4) is 0 Å². The van der Waals surface area contributed by atoms with Crippen LogP contribution in [0.5, 0.6) is 0 Å². The first-order valence-corrected chi connectivity index (χ1v) is 11.5. The van der Waals surface area contributed by atoms with E-state index in [4.69, 9.17) is 0 Å². The maximum atomic E-state index is 2.72. The van der Waals surface area contributed by atoms with Crippen molar-refractivity contribution in [2.24, 2.45) is 52.3 Å². The Labute approximate surface area is 157 Å². The monoisotopic (exact) mass is 342 g/mol. The summed E-state index contributed by atoms with van der Waals surface area (Å²) >= 11 is 0. The van der Waals surface area contributed by atoms with Crippen LogP contribution in [0.25, 0.3) is 0 Å². The fraction of sp³-hybridized carbons (Fsp3) is 0.920. The molecule has 4 aliphatic rings. The molecular weight excluding hydrogens is 300 g/mol. The molecule has 0 aromatic rings. The zero-order valence-corrected chi connectivity index (χ0v) is 17.6. The van der Waals surface area contributed by atoms with E-state index in [1.54, 1.807) is 6.42 Å². The summed E-state index contributed by atoms with van der Waals surface area (Å²) in [7, 11) is 0. The molecule has 0 heterocycles. The molecule has 0 aliphatic heterocycles. The van der Waals surface area contributed by atoms with Gasteiger partial charge in [0.25, 0.3) is 0 Å². The lowest BCUT2D eigenvalue weighted by Gasteiger charge is -2.51. The number of fused-ring (bicyclic) bond motifs is 5. The Morgan fingerprint density at radius 3 is 2.44 bits per heavy atom. The van der Waals surface area contributed by atoms with Crippen molar-refractivity contribution in [2.75, 3.05) is 0 Å². The summed E-state index contributed by atoms with van der Waals surface area (Å²) in [5.74, 6) is 6.82. The minimum Gasteiger partial charge on any atom is -0.0882 e. The first-order valence-electron chi connectivity index (χ1n) is 11.5. The van der Waals surface area contributed by atoms with Crippen LogP contribution < -0.4 is 0 Å². The second-order valence-electron chi connectivity index (χ2n) is 11.4. The van der Waals surface area contributed by atoms with E-state index in [0.29, 0.717) is 10.8 Å². The Kier molecular flexibility index (Phi) is 4.65. The van der Waals surface area contributed by atoms with Crippen molar-refractivity contribution in [3.05, 3.63) is 12.2 Å². The quantitative estimate of drug-likeness (QED) is 0.464. The summed E-state index contributed by atoms with van der Waals surface area (Å²) < 4.78 is 0. The summed E-state index contributed by atoms with van der Waals surface area (Å²) in [5.41, 5.74) is 1.30. The Hall–Kier alpha value is -0.260. The van der Waals surface area contributed by atoms with Gasteiger partial charge in [-0.1, -0.05) is 59.6 Å². The van der Waals surface area contributed by atoms with Gasteiger partial charge in [0.15, 0.2) is 0 Å². The van der Waals surface area contributed by atoms with Crippen LogP contribution in [-0.4, -0.2) is 0 Å². The van der Waals surface area contributed by atoms with E-state index >= 15 is 0 Å². The van der Waals surface area contributed by atoms with Crippen molar-refractivity contribution in [1.82, 2.24) is 0 Å². The van der Waals surface area contributed by atoms with Crippen molar-refractivity contribution in [2.45, 2.75) is 92.4 Å². The fourth-order valence-electron chi connectivity index (χ4n) is 8.37. The van der Waals surface area contributed by atoms with Gasteiger partial charge in [-0.2, -0.15) is 0 Å². The lowest BCUT2D eigenvalue weighted by molar-refractivity contribution is -0.0200. The van der Waals surface area contributed by atoms with Crippen LogP contribution in [0, 0.1) is 52.3 Å². The molecule has 0 spiro atoms. The largest absolute Gasteiger partial charge is 0.0882 e. The van der Waals surface area contributed by atoms with Gasteiger partial charge in [-0.05, 0) is 97.2 Å². The summed E-state index contributed by atoms with van der Waals surface area (Å²) in [6, 6.07) is 0. The predicted molar refractivity (Wildman–Crippen MR) is 108 cm³/mol. The van der Waals surface area contributed by atoms with Gasteiger partial charge in [0.1, 0.15) is 0 Å². The predicted octanol–water partition coefficient (Wildman–Crippen LogP) is 7.49. The maximum absolute atomic E-state index is 2.72. The molecule has 0 saturated heterocycles. The zero-order valence-electron chi connectivity index (χ0n) is 17.6. The van der Waals surface area contributed by atoms with E-state index < -0.39 is 0 Å². The zero-order chi connectivity index (χ0) is 17.8. The summed E-state index contributed by atoms with van der Waals surface area (Å²) in [6.07, 6.45) is 18.5. The third-order valence-electron chi connectivity index (χ3n) is 9.83. The van der Waals surface area contributed by atoms with Gasteiger partial charge < -0.3 is 0 Å². The third-order valence-corrected chi connectivity index (χ3v) is 9.83. The molecule has 8 atom stereocenters. The van der Waals surface area contributed by atoms with Gasteiger partial charge in [0.05, 0.1) is 0 Å². The SMILES string of the molecule is CC(C)CC[C@@H](C)[C@H]1CCC2C3CC4C=CCC[C@]4(C)C3CC[C@@]21C. The Bertz CT molecular complexity index is 516. The van der Waals surface area contributed by atoms with Crippen LogP contribution in [0.15, 0.2) is 12.2 Å². The van der Waals surface area contributed by atoms with Crippen molar-refractivity contribution >= 4 is 0 Å². The molecule has 3 saturated carbocycles. The maximum Gasteiger partial charge on any atom is -0.0174 e. The van der Waals surface area contributed by atoms with Crippen LogP contribution in [-0.2, 0) is 0 Å². The third kappa shape index (κ3) is 2.76. The lowest BCUT2D eigenvalue weighted by Crippen LogP contribution is -2.44. The lowest BCUT2D eigenvalue weighted by atomic mass is 9.54. The van der Waals surface area contributed by atoms with Crippen molar-refractivity contribution in [1.29, 1.82) is 0 Å². The van der Waals surface area contributed by atoms with Gasteiger partial charge >= 0.3 is 0 Å². The number of hydrogen-bond acceptors (Lipinski definition) is 0. The normalized spacial score (nSPS) is 49.8. The van der Waals surface area contributed by atoms with E-state index in [1.807, 2.05) is 0 Å². The van der Waals surface area contributed by atoms with Crippen LogP contribution in [0.2, 0.25) is 0 Å². The highest BCUT2D eigenvalue weighted by Crippen LogP contribution is 2.69. The van der Waals surface area contributed by atoms with Crippen LogP contribution in [0.4, 0.5) is 0 Å². The van der Waals surface area contributed by atoms with Gasteiger partial charge in [0.2, 0.25) is 0 Å². The van der Waals surface area contributed by atoms with E-state index in [9.17, 15) is 0 Å². The van der Waals surface area contributed by atoms with Gasteiger partial charge in [-0.15, -0.1) is 0 Å². The fourth-order valence-corrected chi connectivity index (χ4v) is 8.37. The Morgan fingerprint density at radius 1 is 0.920 bits per heavy atom. The number of allylic oxidation sites excluding steroid dienone is 2. The summed E-state index contributed by atoms with van der Waals surface area (Å²) in [4.78, 5) is 0. The molecule has 4 aliphatic carbocycles. The second kappa shape index (κ2) is 6.42. The molecule has 3 fully saturated rings. The average molecular weight is 343 g/mol. The molecule has 0 aromatic carbocycles. The molecular formula is C25H42. The van der Waals surface area contributed by atoms with Crippen LogP contribution >= 0.6 is 0 Å². The summed E-state index contributed by atoms with van der Waals surface area (Å²) in [5, 5.41) is 0. The second-order valence-corrected chi connectivity index (χ2v) is 11.4. The minimum atomic E-state index is 0.641. The van der Waals surface area contributed by atoms with Crippen molar-refractivity contribution in [3.63, 3.8) is 0 Å². The van der Waals surface area contributed by atoms with Crippen LogP contribution in [0.3, 0.4) is 0 Å². The molecule has 0 heteroatoms. The van der Waals surface area contributed by atoms with E-state index in [0.717, 1.165) is 41.4 Å². The minimum absolute atomic E-state index is 0.641. The molecule has 4 rings (SSSR count). The molecule has 0 aromatic heterocycles. The van der Waals surface area contributed by atoms with Crippen molar-refractivity contribution < 1.29 is 0 Å². The van der Waals surface area contributed by atoms with E-state index in [1.165, 1.54) is 51.4 Å². The Balaban J connectivity index is 1.52. The smallest absolute Gasteiger partial charge is 0.0174 e. The molecule has 0 radical (unpaired) electrons. The first kappa shape index (κ1) is 18.1. The molecule has 0 bridgehead atoms. The van der Waals surface area contributed by atoms with Gasteiger partial charge in [0, 0.05) is 0 Å². The average Bonchev–Trinajstić information content (AvgIpc) is 3.06. The Morgan fingerprint density at radius 2 is 1.68 bits per heavy atom. The number of hydrogen-bond donors (Lipinski definition) is 0. The molecule has 142 valence electrons.